The highest BCUT2D eigenvalue weighted by molar-refractivity contribution is 5.94. The monoisotopic (exact) mass is 438 g/mol. The number of allylic oxidation sites excluding steroid dienone is 2. The molecule has 2 aromatic heterocycles. The summed E-state index contributed by atoms with van der Waals surface area (Å²) >= 11 is 0. The molecule has 3 unspecified atom stereocenters. The molecule has 8 nitrogen and oxygen atoms in total. The van der Waals surface area contributed by atoms with E-state index in [1.165, 1.54) is 6.33 Å². The van der Waals surface area contributed by atoms with Crippen molar-refractivity contribution in [1.82, 2.24) is 15.0 Å². The number of aromatic nitrogens is 3. The predicted molar refractivity (Wildman–Crippen MR) is 123 cm³/mol. The molecule has 0 saturated heterocycles. The first kappa shape index (κ1) is 23.2. The number of carbonyl (C=O) groups excluding carboxylic acids is 1. The molecule has 0 spiro atoms. The lowest BCUT2D eigenvalue weighted by atomic mass is 10.1. The number of carbonyl (C=O) groups is 1. The van der Waals surface area contributed by atoms with Crippen molar-refractivity contribution in [2.75, 3.05) is 10.6 Å². The Morgan fingerprint density at radius 3 is 2.72 bits per heavy atom. The molecule has 0 radical (unpaired) electrons. The molecule has 1 aliphatic rings. The zero-order valence-corrected chi connectivity index (χ0v) is 18.3. The van der Waals surface area contributed by atoms with Gasteiger partial charge in [-0.3, -0.25) is 9.78 Å². The number of nitrogens with one attached hydrogen (secondary N) is 2. The van der Waals surface area contributed by atoms with Gasteiger partial charge in [-0.1, -0.05) is 19.6 Å². The van der Waals surface area contributed by atoms with Crippen molar-refractivity contribution in [1.29, 1.82) is 0 Å². The van der Waals surface area contributed by atoms with Crippen LogP contribution in [-0.2, 0) is 4.79 Å². The van der Waals surface area contributed by atoms with E-state index in [1.54, 1.807) is 31.5 Å². The predicted octanol–water partition coefficient (Wildman–Crippen LogP) is 3.98. The van der Waals surface area contributed by atoms with Crippen molar-refractivity contribution in [3.8, 4) is 0 Å². The Labute approximate surface area is 186 Å². The number of nitrogens with zero attached hydrogens (tertiary/aromatic N) is 4. The normalized spacial score (nSPS) is 19.3. The lowest BCUT2D eigenvalue weighted by molar-refractivity contribution is -0.117. The average Bonchev–Trinajstić information content (AvgIpc) is 3.52. The minimum atomic E-state index is -1.09. The molecule has 32 heavy (non-hydrogen) atoms. The maximum atomic E-state index is 13.2. The van der Waals surface area contributed by atoms with Crippen LogP contribution in [0.2, 0.25) is 0 Å². The maximum absolute atomic E-state index is 13.2. The van der Waals surface area contributed by atoms with Gasteiger partial charge in [0.05, 0.1) is 35.3 Å². The summed E-state index contributed by atoms with van der Waals surface area (Å²) in [6.45, 7) is 9.45. The van der Waals surface area contributed by atoms with Crippen LogP contribution >= 0.6 is 0 Å². The van der Waals surface area contributed by atoms with Gasteiger partial charge < -0.3 is 15.7 Å². The number of hydrogen-bond acceptors (Lipinski definition) is 7. The molecular formula is C23H27FN6O2. The Balaban J connectivity index is 1.91. The van der Waals surface area contributed by atoms with Crippen LogP contribution in [0, 0.1) is 12.8 Å². The number of anilines is 2. The highest BCUT2D eigenvalue weighted by Crippen LogP contribution is 2.34. The summed E-state index contributed by atoms with van der Waals surface area (Å²) in [4.78, 5) is 29.1. The third-order valence-corrected chi connectivity index (χ3v) is 5.07. The molecule has 1 fully saturated rings. The first-order valence-electron chi connectivity index (χ1n) is 10.4. The number of aryl methyl sites for hydroxylation is 1. The quantitative estimate of drug-likeness (QED) is 0.403. The summed E-state index contributed by atoms with van der Waals surface area (Å²) in [6, 6.07) is 3.41. The summed E-state index contributed by atoms with van der Waals surface area (Å²) < 4.78 is 13.2. The zero-order chi connectivity index (χ0) is 23.3. The van der Waals surface area contributed by atoms with Crippen LogP contribution in [0.4, 0.5) is 15.9 Å². The van der Waals surface area contributed by atoms with Gasteiger partial charge in [-0.05, 0) is 38.3 Å². The van der Waals surface area contributed by atoms with Crippen LogP contribution in [-0.4, -0.2) is 38.4 Å². The minimum absolute atomic E-state index is 0.238. The van der Waals surface area contributed by atoms with Crippen LogP contribution in [0.5, 0.6) is 0 Å². The molecule has 3 atom stereocenters. The van der Waals surface area contributed by atoms with Crippen molar-refractivity contribution in [3.05, 3.63) is 60.1 Å². The Bertz CT molecular complexity index is 1070. The van der Waals surface area contributed by atoms with Gasteiger partial charge in [0.2, 0.25) is 5.91 Å². The number of rotatable bonds is 9. The standard InChI is InChI=1S/C23H27FN6O2/c1-5-14(17-10-21(28-12-27-17)30-23(32)15-9-16(15)24)22(25-7-3)29-19-11-26-18(8-13(19)4)20(31)6-2/h5,7-8,10-12,15-16,20,29,31H,1,6,9H2,2-4H3,(H,27,28,30,32)/b22-14-,25-7-. The fourth-order valence-electron chi connectivity index (χ4n) is 3.08. The molecule has 0 aliphatic heterocycles. The first-order chi connectivity index (χ1) is 15.4. The second kappa shape index (κ2) is 10.2. The second-order valence-electron chi connectivity index (χ2n) is 7.46. The first-order valence-corrected chi connectivity index (χ1v) is 10.4. The van der Waals surface area contributed by atoms with Gasteiger partial charge in [0, 0.05) is 17.9 Å². The van der Waals surface area contributed by atoms with Crippen LogP contribution in [0.1, 0.15) is 49.7 Å². The summed E-state index contributed by atoms with van der Waals surface area (Å²) in [5, 5.41) is 15.9. The number of hydrogen-bond donors (Lipinski definition) is 3. The van der Waals surface area contributed by atoms with Crippen molar-refractivity contribution in [2.45, 2.75) is 45.9 Å². The fourth-order valence-corrected chi connectivity index (χ4v) is 3.08. The van der Waals surface area contributed by atoms with Gasteiger partial charge >= 0.3 is 0 Å². The number of aliphatic imine (C=N–C) groups is 1. The van der Waals surface area contributed by atoms with Crippen LogP contribution in [0.15, 0.2) is 48.1 Å². The summed E-state index contributed by atoms with van der Waals surface area (Å²) in [6.07, 6.45) is 5.29. The Hall–Kier alpha value is -3.46. The third-order valence-electron chi connectivity index (χ3n) is 5.07. The molecule has 3 rings (SSSR count). The SMILES string of the molecule is C=C/C(=C(\N=C/C)Nc1cnc(C(O)CC)cc1C)c1cc(NC(=O)C2CC2F)ncn1. The van der Waals surface area contributed by atoms with E-state index in [4.69, 9.17) is 0 Å². The molecule has 168 valence electrons. The van der Waals surface area contributed by atoms with E-state index in [9.17, 15) is 14.3 Å². The van der Waals surface area contributed by atoms with Gasteiger partial charge in [0.25, 0.3) is 0 Å². The van der Waals surface area contributed by atoms with Crippen LogP contribution < -0.4 is 10.6 Å². The van der Waals surface area contributed by atoms with E-state index in [2.05, 4.69) is 37.2 Å². The van der Waals surface area contributed by atoms with Gasteiger partial charge in [0.1, 0.15) is 24.1 Å². The maximum Gasteiger partial charge on any atom is 0.231 e. The number of amides is 1. The molecule has 0 bridgehead atoms. The minimum Gasteiger partial charge on any atom is -0.387 e. The fraction of sp³-hybridized carbons (Fsp3) is 0.348. The van der Waals surface area contributed by atoms with E-state index in [0.29, 0.717) is 34.9 Å². The van der Waals surface area contributed by atoms with Gasteiger partial charge in [-0.25, -0.2) is 19.4 Å². The lowest BCUT2D eigenvalue weighted by Gasteiger charge is -2.15. The Morgan fingerprint density at radius 2 is 2.12 bits per heavy atom. The number of aliphatic hydroxyl groups excluding tert-OH is 1. The van der Waals surface area contributed by atoms with E-state index < -0.39 is 24.1 Å². The lowest BCUT2D eigenvalue weighted by Crippen LogP contribution is -2.16. The molecule has 1 saturated carbocycles. The van der Waals surface area contributed by atoms with Crippen molar-refractivity contribution in [3.63, 3.8) is 0 Å². The van der Waals surface area contributed by atoms with Gasteiger partial charge in [0.15, 0.2) is 0 Å². The largest absolute Gasteiger partial charge is 0.387 e. The third kappa shape index (κ3) is 5.42. The van der Waals surface area contributed by atoms with Crippen molar-refractivity contribution < 1.29 is 14.3 Å². The molecule has 3 N–H and O–H groups in total. The topological polar surface area (TPSA) is 112 Å². The van der Waals surface area contributed by atoms with E-state index >= 15 is 0 Å². The van der Waals surface area contributed by atoms with Crippen molar-refractivity contribution >= 4 is 29.2 Å². The summed E-state index contributed by atoms with van der Waals surface area (Å²) in [7, 11) is 0. The van der Waals surface area contributed by atoms with Gasteiger partial charge in [-0.2, -0.15) is 0 Å². The summed E-state index contributed by atoms with van der Waals surface area (Å²) in [5.74, 6) is -0.270. The van der Waals surface area contributed by atoms with Gasteiger partial charge in [-0.15, -0.1) is 0 Å². The van der Waals surface area contributed by atoms with E-state index in [1.807, 2.05) is 19.9 Å². The van der Waals surface area contributed by atoms with Crippen LogP contribution in [0.25, 0.3) is 5.57 Å². The average molecular weight is 439 g/mol. The summed E-state index contributed by atoms with van der Waals surface area (Å²) in [5.41, 5.74) is 3.26. The zero-order valence-electron chi connectivity index (χ0n) is 18.3. The second-order valence-corrected chi connectivity index (χ2v) is 7.46. The molecule has 2 heterocycles. The molecule has 0 aromatic carbocycles. The van der Waals surface area contributed by atoms with E-state index in [0.717, 1.165) is 5.56 Å². The number of halogens is 1. The molecular weight excluding hydrogens is 411 g/mol. The number of alkyl halides is 1. The highest BCUT2D eigenvalue weighted by Gasteiger charge is 2.43. The number of pyridine rings is 1. The smallest absolute Gasteiger partial charge is 0.231 e. The Morgan fingerprint density at radius 1 is 1.38 bits per heavy atom. The Kier molecular flexibility index (Phi) is 7.42. The van der Waals surface area contributed by atoms with Crippen molar-refractivity contribution in [2.24, 2.45) is 10.9 Å². The molecule has 9 heteroatoms. The highest BCUT2D eigenvalue weighted by atomic mass is 19.1. The molecule has 1 aliphatic carbocycles. The molecule has 2 aromatic rings. The van der Waals surface area contributed by atoms with Crippen LogP contribution in [0.3, 0.4) is 0 Å². The van der Waals surface area contributed by atoms with E-state index in [-0.39, 0.29) is 12.2 Å². The molecule has 1 amide bonds. The number of aliphatic hydroxyl groups is 1.